The molecule has 0 radical (unpaired) electrons. The van der Waals surface area contributed by atoms with Crippen LogP contribution >= 0.6 is 0 Å². The molecule has 4 nitrogen and oxygen atoms in total. The van der Waals surface area contributed by atoms with Crippen molar-refractivity contribution < 1.29 is 9.84 Å². The maximum Gasteiger partial charge on any atom is 0.118 e. The quantitative estimate of drug-likeness (QED) is 0.634. The highest BCUT2D eigenvalue weighted by Gasteiger charge is 2.21. The number of methoxy groups -OCH3 is 1. The van der Waals surface area contributed by atoms with Gasteiger partial charge in [-0.05, 0) is 75.5 Å². The van der Waals surface area contributed by atoms with E-state index in [1.165, 1.54) is 38.9 Å². The molecule has 1 heterocycles. The maximum atomic E-state index is 10.8. The van der Waals surface area contributed by atoms with Crippen LogP contribution in [0.25, 0.3) is 0 Å². The molecule has 25 heavy (non-hydrogen) atoms. The molecule has 1 fully saturated rings. The van der Waals surface area contributed by atoms with Gasteiger partial charge in [0.2, 0.25) is 0 Å². The Labute approximate surface area is 153 Å². The van der Waals surface area contributed by atoms with Crippen molar-refractivity contribution in [2.24, 2.45) is 5.92 Å². The van der Waals surface area contributed by atoms with Crippen LogP contribution < -0.4 is 10.1 Å². The Morgan fingerprint density at radius 2 is 1.80 bits per heavy atom. The van der Waals surface area contributed by atoms with Gasteiger partial charge in [0.05, 0.1) is 13.2 Å². The Morgan fingerprint density at radius 3 is 2.40 bits per heavy atom. The second-order valence-electron chi connectivity index (χ2n) is 7.66. The predicted molar refractivity (Wildman–Crippen MR) is 104 cm³/mol. The van der Waals surface area contributed by atoms with Gasteiger partial charge in [-0.1, -0.05) is 32.4 Å². The fourth-order valence-corrected chi connectivity index (χ4v) is 3.64. The average molecular weight is 349 g/mol. The lowest BCUT2D eigenvalue weighted by molar-refractivity contribution is 0.115. The Balaban J connectivity index is 1.83. The highest BCUT2D eigenvalue weighted by Crippen LogP contribution is 2.24. The number of nitrogens with one attached hydrogen (secondary N) is 1. The van der Waals surface area contributed by atoms with Crippen molar-refractivity contribution >= 4 is 0 Å². The molecule has 0 aromatic heterocycles. The van der Waals surface area contributed by atoms with Gasteiger partial charge < -0.3 is 20.1 Å². The molecule has 1 aromatic carbocycles. The zero-order valence-corrected chi connectivity index (χ0v) is 16.2. The number of rotatable bonds is 10. The van der Waals surface area contributed by atoms with Gasteiger partial charge in [-0.2, -0.15) is 0 Å². The minimum Gasteiger partial charge on any atom is -0.497 e. The SMILES string of the molecule is COc1ccc(C(O)C(CC(C)C)NCCCN2CCCCC2)cc1. The first kappa shape index (κ1) is 20.2. The van der Waals surface area contributed by atoms with Crippen molar-refractivity contribution in [3.63, 3.8) is 0 Å². The number of likely N-dealkylation sites (tertiary alicyclic amines) is 1. The molecule has 0 amide bonds. The van der Waals surface area contributed by atoms with Crippen LogP contribution in [-0.4, -0.2) is 49.3 Å². The van der Waals surface area contributed by atoms with Gasteiger partial charge >= 0.3 is 0 Å². The minimum absolute atomic E-state index is 0.0924. The van der Waals surface area contributed by atoms with Gasteiger partial charge in [0.15, 0.2) is 0 Å². The van der Waals surface area contributed by atoms with Crippen molar-refractivity contribution in [1.29, 1.82) is 0 Å². The molecule has 2 atom stereocenters. The second-order valence-corrected chi connectivity index (χ2v) is 7.66. The van der Waals surface area contributed by atoms with Crippen LogP contribution in [0.2, 0.25) is 0 Å². The topological polar surface area (TPSA) is 44.7 Å². The number of hydrogen-bond acceptors (Lipinski definition) is 4. The Bertz CT molecular complexity index is 469. The van der Waals surface area contributed by atoms with Crippen molar-refractivity contribution in [3.8, 4) is 5.75 Å². The Morgan fingerprint density at radius 1 is 1.12 bits per heavy atom. The van der Waals surface area contributed by atoms with E-state index in [4.69, 9.17) is 4.74 Å². The predicted octanol–water partition coefficient (Wildman–Crippen LogP) is 3.61. The lowest BCUT2D eigenvalue weighted by atomic mass is 9.94. The molecular weight excluding hydrogens is 312 g/mol. The Hall–Kier alpha value is -1.10. The minimum atomic E-state index is -0.483. The largest absolute Gasteiger partial charge is 0.497 e. The third-order valence-electron chi connectivity index (χ3n) is 5.07. The fraction of sp³-hybridized carbons (Fsp3) is 0.714. The van der Waals surface area contributed by atoms with Gasteiger partial charge in [0, 0.05) is 6.04 Å². The highest BCUT2D eigenvalue weighted by molar-refractivity contribution is 5.29. The van der Waals surface area contributed by atoms with Gasteiger partial charge in [0.1, 0.15) is 5.75 Å². The summed E-state index contributed by atoms with van der Waals surface area (Å²) in [6, 6.07) is 7.86. The summed E-state index contributed by atoms with van der Waals surface area (Å²) in [5.41, 5.74) is 0.954. The van der Waals surface area contributed by atoms with Crippen molar-refractivity contribution in [2.75, 3.05) is 33.3 Å². The number of aliphatic hydroxyl groups is 1. The second kappa shape index (κ2) is 10.8. The normalized spacial score (nSPS) is 18.3. The van der Waals surface area contributed by atoms with Crippen LogP contribution in [0.4, 0.5) is 0 Å². The van der Waals surface area contributed by atoms with Crippen LogP contribution in [0.3, 0.4) is 0 Å². The van der Waals surface area contributed by atoms with Gasteiger partial charge in [-0.25, -0.2) is 0 Å². The smallest absolute Gasteiger partial charge is 0.118 e. The zero-order chi connectivity index (χ0) is 18.1. The lowest BCUT2D eigenvalue weighted by Crippen LogP contribution is -2.38. The first-order valence-electron chi connectivity index (χ1n) is 9.88. The van der Waals surface area contributed by atoms with E-state index >= 15 is 0 Å². The molecular formula is C21H36N2O2. The van der Waals surface area contributed by atoms with E-state index in [0.717, 1.165) is 30.7 Å². The van der Waals surface area contributed by atoms with Gasteiger partial charge in [0.25, 0.3) is 0 Å². The number of nitrogens with zero attached hydrogens (tertiary/aromatic N) is 1. The lowest BCUT2D eigenvalue weighted by Gasteiger charge is -2.28. The first-order chi connectivity index (χ1) is 12.1. The van der Waals surface area contributed by atoms with E-state index in [9.17, 15) is 5.11 Å². The van der Waals surface area contributed by atoms with Crippen LogP contribution in [0, 0.1) is 5.92 Å². The van der Waals surface area contributed by atoms with E-state index < -0.39 is 6.10 Å². The molecule has 2 N–H and O–H groups in total. The summed E-state index contributed by atoms with van der Waals surface area (Å²) in [5, 5.41) is 14.4. The molecule has 1 aliphatic rings. The van der Waals surface area contributed by atoms with Crippen LogP contribution in [0.1, 0.15) is 57.6 Å². The fourth-order valence-electron chi connectivity index (χ4n) is 3.64. The van der Waals surface area contributed by atoms with Crippen molar-refractivity contribution in [2.45, 2.75) is 58.1 Å². The summed E-state index contributed by atoms with van der Waals surface area (Å²) < 4.78 is 5.21. The van der Waals surface area contributed by atoms with Gasteiger partial charge in [-0.3, -0.25) is 0 Å². The Kier molecular flexibility index (Phi) is 8.73. The number of ether oxygens (including phenoxy) is 1. The standard InChI is InChI=1S/C21H36N2O2/c1-17(2)16-20(21(24)18-8-10-19(25-3)11-9-18)22-12-7-15-23-13-5-4-6-14-23/h8-11,17,20-22,24H,4-7,12-16H2,1-3H3. The summed E-state index contributed by atoms with van der Waals surface area (Å²) >= 11 is 0. The van der Waals surface area contributed by atoms with Crippen LogP contribution in [0.5, 0.6) is 5.75 Å². The van der Waals surface area contributed by atoms with E-state index in [1.54, 1.807) is 7.11 Å². The third-order valence-corrected chi connectivity index (χ3v) is 5.07. The van der Waals surface area contributed by atoms with E-state index in [2.05, 4.69) is 24.1 Å². The zero-order valence-electron chi connectivity index (χ0n) is 16.2. The highest BCUT2D eigenvalue weighted by atomic mass is 16.5. The molecule has 0 spiro atoms. The molecule has 0 aliphatic carbocycles. The molecule has 1 aliphatic heterocycles. The molecule has 142 valence electrons. The summed E-state index contributed by atoms with van der Waals surface area (Å²) in [5.74, 6) is 1.37. The van der Waals surface area contributed by atoms with E-state index in [1.807, 2.05) is 24.3 Å². The van der Waals surface area contributed by atoms with Crippen LogP contribution in [-0.2, 0) is 0 Å². The van der Waals surface area contributed by atoms with E-state index in [0.29, 0.717) is 5.92 Å². The first-order valence-corrected chi connectivity index (χ1v) is 9.88. The summed E-state index contributed by atoms with van der Waals surface area (Å²) in [6.45, 7) is 9.06. The summed E-state index contributed by atoms with van der Waals surface area (Å²) in [6.07, 6.45) is 5.71. The number of piperidine rings is 1. The summed E-state index contributed by atoms with van der Waals surface area (Å²) in [7, 11) is 1.66. The molecule has 2 rings (SSSR count). The number of benzene rings is 1. The van der Waals surface area contributed by atoms with Crippen LogP contribution in [0.15, 0.2) is 24.3 Å². The molecule has 0 bridgehead atoms. The molecule has 1 aromatic rings. The summed E-state index contributed by atoms with van der Waals surface area (Å²) in [4.78, 5) is 2.57. The van der Waals surface area contributed by atoms with Crippen molar-refractivity contribution in [3.05, 3.63) is 29.8 Å². The number of aliphatic hydroxyl groups excluding tert-OH is 1. The molecule has 4 heteroatoms. The molecule has 2 unspecified atom stereocenters. The van der Waals surface area contributed by atoms with Crippen molar-refractivity contribution in [1.82, 2.24) is 10.2 Å². The maximum absolute atomic E-state index is 10.8. The van der Waals surface area contributed by atoms with E-state index in [-0.39, 0.29) is 6.04 Å². The number of hydrogen-bond donors (Lipinski definition) is 2. The molecule has 1 saturated heterocycles. The molecule has 0 saturated carbocycles. The monoisotopic (exact) mass is 348 g/mol. The average Bonchev–Trinajstić information content (AvgIpc) is 2.64. The van der Waals surface area contributed by atoms with Gasteiger partial charge in [-0.15, -0.1) is 0 Å². The third kappa shape index (κ3) is 6.96.